The number of rotatable bonds is 2. The summed E-state index contributed by atoms with van der Waals surface area (Å²) >= 11 is 3.99. The fraction of sp³-hybridized carbons (Fsp3) is 0.143. The first kappa shape index (κ1) is 8.07. The average Bonchev–Trinajstić information content (AvgIpc) is 2.05. The van der Waals surface area contributed by atoms with Gasteiger partial charge in [0.15, 0.2) is 0 Å². The molecule has 0 aliphatic carbocycles. The summed E-state index contributed by atoms with van der Waals surface area (Å²) in [4.78, 5) is 14.2. The number of carboxylic acid groups (broad SMARTS) is 1. The standard InChI is InChI=1S/C7H7NO2S/c9-7(10)5-1-2-6(4-11)8-3-5/h1-3,11H,4H2,(H,9,10). The van der Waals surface area contributed by atoms with E-state index in [1.807, 2.05) is 0 Å². The predicted molar refractivity (Wildman–Crippen MR) is 43.9 cm³/mol. The molecule has 4 heteroatoms. The first-order valence-corrected chi connectivity index (χ1v) is 3.66. The van der Waals surface area contributed by atoms with Crippen LogP contribution in [0.15, 0.2) is 18.3 Å². The SMILES string of the molecule is O=C(O)c1ccc(CS)nc1. The summed E-state index contributed by atoms with van der Waals surface area (Å²) in [5, 5.41) is 8.49. The summed E-state index contributed by atoms with van der Waals surface area (Å²) in [7, 11) is 0. The molecule has 0 atom stereocenters. The van der Waals surface area contributed by atoms with Crippen LogP contribution in [0.1, 0.15) is 16.1 Å². The van der Waals surface area contributed by atoms with E-state index in [2.05, 4.69) is 17.6 Å². The Morgan fingerprint density at radius 1 is 1.64 bits per heavy atom. The van der Waals surface area contributed by atoms with Crippen LogP contribution >= 0.6 is 12.6 Å². The Balaban J connectivity index is 2.91. The summed E-state index contributed by atoms with van der Waals surface area (Å²) in [6, 6.07) is 3.16. The van der Waals surface area contributed by atoms with E-state index in [-0.39, 0.29) is 5.56 Å². The molecule has 0 bridgehead atoms. The molecule has 0 aromatic carbocycles. The van der Waals surface area contributed by atoms with Crippen LogP contribution in [0.3, 0.4) is 0 Å². The van der Waals surface area contributed by atoms with Gasteiger partial charge in [0.25, 0.3) is 0 Å². The second-order valence-corrected chi connectivity index (χ2v) is 2.32. The highest BCUT2D eigenvalue weighted by Crippen LogP contribution is 2.01. The number of thiol groups is 1. The lowest BCUT2D eigenvalue weighted by Gasteiger charge is -1.94. The molecule has 0 amide bonds. The minimum atomic E-state index is -0.955. The number of carbonyl (C=O) groups is 1. The van der Waals surface area contributed by atoms with Crippen LogP contribution in [-0.2, 0) is 5.75 Å². The number of hydrogen-bond donors (Lipinski definition) is 2. The normalized spacial score (nSPS) is 9.55. The molecule has 1 N–H and O–H groups in total. The lowest BCUT2D eigenvalue weighted by Crippen LogP contribution is -1.97. The quantitative estimate of drug-likeness (QED) is 0.654. The molecule has 1 heterocycles. The van der Waals surface area contributed by atoms with Crippen molar-refractivity contribution in [2.75, 3.05) is 0 Å². The number of hydrogen-bond acceptors (Lipinski definition) is 3. The Hall–Kier alpha value is -1.03. The highest BCUT2D eigenvalue weighted by atomic mass is 32.1. The van der Waals surface area contributed by atoms with E-state index in [0.29, 0.717) is 5.75 Å². The molecule has 0 aliphatic rings. The van der Waals surface area contributed by atoms with Crippen molar-refractivity contribution >= 4 is 18.6 Å². The van der Waals surface area contributed by atoms with Gasteiger partial charge in [-0.3, -0.25) is 4.98 Å². The van der Waals surface area contributed by atoms with Crippen molar-refractivity contribution in [3.63, 3.8) is 0 Å². The molecule has 0 radical (unpaired) electrons. The van der Waals surface area contributed by atoms with Gasteiger partial charge in [0.05, 0.1) is 11.3 Å². The van der Waals surface area contributed by atoms with Crippen LogP contribution in [0.25, 0.3) is 0 Å². The summed E-state index contributed by atoms with van der Waals surface area (Å²) < 4.78 is 0. The Morgan fingerprint density at radius 3 is 2.73 bits per heavy atom. The molecule has 1 rings (SSSR count). The van der Waals surface area contributed by atoms with Crippen molar-refractivity contribution in [2.45, 2.75) is 5.75 Å². The van der Waals surface area contributed by atoms with Crippen LogP contribution in [-0.4, -0.2) is 16.1 Å². The Bertz CT molecular complexity index is 258. The van der Waals surface area contributed by atoms with E-state index in [4.69, 9.17) is 5.11 Å². The van der Waals surface area contributed by atoms with Crippen molar-refractivity contribution in [1.29, 1.82) is 0 Å². The molecule has 0 saturated carbocycles. The molecule has 0 saturated heterocycles. The molecular formula is C7H7NO2S. The second-order valence-electron chi connectivity index (χ2n) is 2.00. The number of aromatic nitrogens is 1. The minimum Gasteiger partial charge on any atom is -0.478 e. The molecule has 58 valence electrons. The van der Waals surface area contributed by atoms with Crippen molar-refractivity contribution in [1.82, 2.24) is 4.98 Å². The fourth-order valence-corrected chi connectivity index (χ4v) is 0.832. The van der Waals surface area contributed by atoms with Crippen molar-refractivity contribution in [2.24, 2.45) is 0 Å². The molecule has 1 aromatic rings. The molecule has 0 fully saturated rings. The second kappa shape index (κ2) is 3.39. The van der Waals surface area contributed by atoms with E-state index in [0.717, 1.165) is 5.69 Å². The monoisotopic (exact) mass is 169 g/mol. The van der Waals surface area contributed by atoms with Crippen LogP contribution in [0, 0.1) is 0 Å². The van der Waals surface area contributed by atoms with E-state index in [1.54, 1.807) is 6.07 Å². The van der Waals surface area contributed by atoms with Crippen molar-refractivity contribution in [3.8, 4) is 0 Å². The molecule has 0 spiro atoms. The van der Waals surface area contributed by atoms with Crippen LogP contribution in [0.2, 0.25) is 0 Å². The van der Waals surface area contributed by atoms with E-state index in [9.17, 15) is 4.79 Å². The zero-order valence-corrected chi connectivity index (χ0v) is 6.58. The smallest absolute Gasteiger partial charge is 0.337 e. The van der Waals surface area contributed by atoms with Crippen molar-refractivity contribution in [3.05, 3.63) is 29.6 Å². The third-order valence-electron chi connectivity index (χ3n) is 1.23. The largest absolute Gasteiger partial charge is 0.478 e. The maximum Gasteiger partial charge on any atom is 0.337 e. The van der Waals surface area contributed by atoms with Gasteiger partial charge in [0.1, 0.15) is 0 Å². The van der Waals surface area contributed by atoms with Gasteiger partial charge in [0, 0.05) is 11.9 Å². The molecule has 0 aliphatic heterocycles. The minimum absolute atomic E-state index is 0.204. The Morgan fingerprint density at radius 2 is 2.36 bits per heavy atom. The van der Waals surface area contributed by atoms with Gasteiger partial charge >= 0.3 is 5.97 Å². The van der Waals surface area contributed by atoms with Crippen molar-refractivity contribution < 1.29 is 9.90 Å². The summed E-state index contributed by atoms with van der Waals surface area (Å²) in [5.74, 6) is -0.428. The van der Waals surface area contributed by atoms with Gasteiger partial charge in [-0.2, -0.15) is 12.6 Å². The lowest BCUT2D eigenvalue weighted by atomic mass is 10.2. The summed E-state index contributed by atoms with van der Waals surface area (Å²) in [6.45, 7) is 0. The molecule has 0 unspecified atom stereocenters. The average molecular weight is 169 g/mol. The number of aromatic carboxylic acids is 1. The summed E-state index contributed by atoms with van der Waals surface area (Å²) in [5.41, 5.74) is 0.980. The topological polar surface area (TPSA) is 50.2 Å². The Labute approximate surface area is 69.5 Å². The van der Waals surface area contributed by atoms with Gasteiger partial charge in [0.2, 0.25) is 0 Å². The zero-order chi connectivity index (χ0) is 8.27. The highest BCUT2D eigenvalue weighted by molar-refractivity contribution is 7.79. The molecule has 1 aromatic heterocycles. The van der Waals surface area contributed by atoms with Gasteiger partial charge in [-0.1, -0.05) is 0 Å². The predicted octanol–water partition coefficient (Wildman–Crippen LogP) is 1.21. The van der Waals surface area contributed by atoms with Gasteiger partial charge in [-0.25, -0.2) is 4.79 Å². The Kier molecular flexibility index (Phi) is 2.48. The highest BCUT2D eigenvalue weighted by Gasteiger charge is 2.00. The van der Waals surface area contributed by atoms with E-state index < -0.39 is 5.97 Å². The zero-order valence-electron chi connectivity index (χ0n) is 5.69. The fourth-order valence-electron chi connectivity index (χ4n) is 0.645. The van der Waals surface area contributed by atoms with Crippen LogP contribution in [0.4, 0.5) is 0 Å². The van der Waals surface area contributed by atoms with E-state index in [1.165, 1.54) is 12.3 Å². The van der Waals surface area contributed by atoms with E-state index >= 15 is 0 Å². The molecule has 3 nitrogen and oxygen atoms in total. The first-order chi connectivity index (χ1) is 5.24. The maximum absolute atomic E-state index is 10.3. The first-order valence-electron chi connectivity index (χ1n) is 3.03. The van der Waals surface area contributed by atoms with Gasteiger partial charge in [-0.05, 0) is 12.1 Å². The maximum atomic E-state index is 10.3. The van der Waals surface area contributed by atoms with Gasteiger partial charge < -0.3 is 5.11 Å². The summed E-state index contributed by atoms with van der Waals surface area (Å²) in [6.07, 6.45) is 1.33. The number of carboxylic acids is 1. The van der Waals surface area contributed by atoms with Crippen LogP contribution < -0.4 is 0 Å². The molecule has 11 heavy (non-hydrogen) atoms. The van der Waals surface area contributed by atoms with Gasteiger partial charge in [-0.15, -0.1) is 0 Å². The molecular weight excluding hydrogens is 162 g/mol. The lowest BCUT2D eigenvalue weighted by molar-refractivity contribution is 0.0696. The third-order valence-corrected chi connectivity index (χ3v) is 1.56. The number of nitrogens with zero attached hydrogens (tertiary/aromatic N) is 1. The number of pyridine rings is 1. The third kappa shape index (κ3) is 1.94. The van der Waals surface area contributed by atoms with Crippen LogP contribution in [0.5, 0.6) is 0 Å².